The minimum Gasteiger partial charge on any atom is -0.379 e. The Morgan fingerprint density at radius 2 is 2.38 bits per heavy atom. The second-order valence-electron chi connectivity index (χ2n) is 6.01. The first kappa shape index (κ1) is 15.8. The molecule has 1 fully saturated rings. The molecule has 0 unspecified atom stereocenters. The number of hydrogen-bond acceptors (Lipinski definition) is 3. The lowest BCUT2D eigenvalue weighted by Crippen LogP contribution is -2.50. The molecule has 0 saturated carbocycles. The molecule has 3 atom stereocenters. The fraction of sp³-hybridized carbons (Fsp3) is 0.733. The number of rotatable bonds is 5. The average molecular weight is 294 g/mol. The number of methoxy groups -OCH3 is 1. The fourth-order valence-corrected chi connectivity index (χ4v) is 2.69. The number of nitrogens with zero attached hydrogens (tertiary/aromatic N) is 3. The Morgan fingerprint density at radius 3 is 3.05 bits per heavy atom. The maximum absolute atomic E-state index is 12.2. The van der Waals surface area contributed by atoms with Gasteiger partial charge in [0.1, 0.15) is 0 Å². The van der Waals surface area contributed by atoms with Gasteiger partial charge in [-0.2, -0.15) is 5.10 Å². The molecule has 21 heavy (non-hydrogen) atoms. The number of carbonyl (C=O) groups excluding carboxylic acids is 1. The maximum Gasteiger partial charge on any atom is 0.317 e. The summed E-state index contributed by atoms with van der Waals surface area (Å²) in [6.07, 6.45) is 4.85. The van der Waals surface area contributed by atoms with E-state index in [1.165, 1.54) is 0 Å². The third-order valence-corrected chi connectivity index (χ3v) is 4.14. The molecule has 0 radical (unpaired) electrons. The molecule has 0 aromatic carbocycles. The number of nitrogens with one attached hydrogen (secondary N) is 1. The number of likely N-dealkylation sites (tertiary alicyclic amines) is 1. The second-order valence-corrected chi connectivity index (χ2v) is 6.01. The van der Waals surface area contributed by atoms with Gasteiger partial charge in [-0.25, -0.2) is 4.79 Å². The maximum atomic E-state index is 12.2. The van der Waals surface area contributed by atoms with Crippen molar-refractivity contribution in [2.75, 3.05) is 26.7 Å². The number of carbonyl (C=O) groups is 1. The SMILES string of the molecule is CO[C@@H]1CN(C(=O)NC[C@H](C)Cn2cccn2)CC[C@H]1C. The van der Waals surface area contributed by atoms with Crippen LogP contribution in [0.15, 0.2) is 18.5 Å². The quantitative estimate of drug-likeness (QED) is 0.897. The van der Waals surface area contributed by atoms with Gasteiger partial charge in [0.15, 0.2) is 0 Å². The van der Waals surface area contributed by atoms with E-state index in [9.17, 15) is 4.79 Å². The summed E-state index contributed by atoms with van der Waals surface area (Å²) in [7, 11) is 1.72. The topological polar surface area (TPSA) is 59.4 Å². The second kappa shape index (κ2) is 7.45. The fourth-order valence-electron chi connectivity index (χ4n) is 2.69. The number of ether oxygens (including phenoxy) is 1. The standard InChI is InChI=1S/C15H26N4O2/c1-12(10-19-7-4-6-17-19)9-16-15(20)18-8-5-13(2)14(11-18)21-3/h4,6-7,12-14H,5,8-11H2,1-3H3,(H,16,20)/t12-,13+,14+/m0/s1. The largest absolute Gasteiger partial charge is 0.379 e. The highest BCUT2D eigenvalue weighted by atomic mass is 16.5. The zero-order chi connectivity index (χ0) is 15.2. The van der Waals surface area contributed by atoms with E-state index >= 15 is 0 Å². The molecule has 2 amide bonds. The van der Waals surface area contributed by atoms with Crippen LogP contribution in [0.1, 0.15) is 20.3 Å². The van der Waals surface area contributed by atoms with Crippen LogP contribution >= 0.6 is 0 Å². The van der Waals surface area contributed by atoms with Crippen molar-refractivity contribution < 1.29 is 9.53 Å². The van der Waals surface area contributed by atoms with E-state index in [-0.39, 0.29) is 12.1 Å². The van der Waals surface area contributed by atoms with E-state index in [0.717, 1.165) is 19.5 Å². The van der Waals surface area contributed by atoms with Gasteiger partial charge in [-0.3, -0.25) is 4.68 Å². The summed E-state index contributed by atoms with van der Waals surface area (Å²) in [4.78, 5) is 14.1. The summed E-state index contributed by atoms with van der Waals surface area (Å²) < 4.78 is 7.34. The Morgan fingerprint density at radius 1 is 1.57 bits per heavy atom. The van der Waals surface area contributed by atoms with Crippen molar-refractivity contribution in [3.8, 4) is 0 Å². The van der Waals surface area contributed by atoms with E-state index in [1.54, 1.807) is 13.3 Å². The van der Waals surface area contributed by atoms with Crippen molar-refractivity contribution in [1.82, 2.24) is 20.0 Å². The summed E-state index contributed by atoms with van der Waals surface area (Å²) in [6, 6.07) is 1.92. The summed E-state index contributed by atoms with van der Waals surface area (Å²) in [5.41, 5.74) is 0. The number of piperidine rings is 1. The Kier molecular flexibility index (Phi) is 5.61. The smallest absolute Gasteiger partial charge is 0.317 e. The van der Waals surface area contributed by atoms with Crippen LogP contribution in [0.25, 0.3) is 0 Å². The van der Waals surface area contributed by atoms with Crippen LogP contribution < -0.4 is 5.32 Å². The zero-order valence-electron chi connectivity index (χ0n) is 13.2. The average Bonchev–Trinajstić information content (AvgIpc) is 2.98. The van der Waals surface area contributed by atoms with E-state index < -0.39 is 0 Å². The van der Waals surface area contributed by atoms with Crippen molar-refractivity contribution in [2.24, 2.45) is 11.8 Å². The minimum absolute atomic E-state index is 0.0104. The molecule has 0 aliphatic carbocycles. The van der Waals surface area contributed by atoms with Gasteiger partial charge in [0, 0.05) is 45.7 Å². The van der Waals surface area contributed by atoms with Crippen LogP contribution in [0.5, 0.6) is 0 Å². The predicted octanol–water partition coefficient (Wildman–Crippen LogP) is 1.59. The van der Waals surface area contributed by atoms with Crippen LogP contribution in [-0.2, 0) is 11.3 Å². The van der Waals surface area contributed by atoms with Crippen LogP contribution in [-0.4, -0.2) is 53.6 Å². The molecular weight excluding hydrogens is 268 g/mol. The predicted molar refractivity (Wildman–Crippen MR) is 80.9 cm³/mol. The zero-order valence-corrected chi connectivity index (χ0v) is 13.2. The summed E-state index contributed by atoms with van der Waals surface area (Å²) >= 11 is 0. The van der Waals surface area contributed by atoms with Crippen LogP contribution in [0, 0.1) is 11.8 Å². The van der Waals surface area contributed by atoms with E-state index in [1.807, 2.05) is 21.8 Å². The number of amides is 2. The molecule has 6 heteroatoms. The number of aromatic nitrogens is 2. The van der Waals surface area contributed by atoms with Gasteiger partial charge in [-0.15, -0.1) is 0 Å². The summed E-state index contributed by atoms with van der Waals surface area (Å²) in [6.45, 7) is 7.23. The Hall–Kier alpha value is -1.56. The molecule has 1 aliphatic rings. The molecule has 1 aliphatic heterocycles. The highest BCUT2D eigenvalue weighted by molar-refractivity contribution is 5.74. The van der Waals surface area contributed by atoms with Crippen molar-refractivity contribution >= 4 is 6.03 Å². The lowest BCUT2D eigenvalue weighted by Gasteiger charge is -2.36. The van der Waals surface area contributed by atoms with Gasteiger partial charge in [-0.05, 0) is 24.3 Å². The van der Waals surface area contributed by atoms with Crippen LogP contribution in [0.2, 0.25) is 0 Å². The molecule has 1 aromatic rings. The minimum atomic E-state index is 0.0104. The molecule has 2 rings (SSSR count). The Bertz CT molecular complexity index is 435. The molecule has 6 nitrogen and oxygen atoms in total. The van der Waals surface area contributed by atoms with Gasteiger partial charge >= 0.3 is 6.03 Å². The Labute approximate surface area is 126 Å². The lowest BCUT2D eigenvalue weighted by atomic mass is 9.96. The monoisotopic (exact) mass is 294 g/mol. The van der Waals surface area contributed by atoms with Crippen molar-refractivity contribution in [1.29, 1.82) is 0 Å². The summed E-state index contributed by atoms with van der Waals surface area (Å²) in [5.74, 6) is 0.855. The van der Waals surface area contributed by atoms with Gasteiger partial charge < -0.3 is 15.0 Å². The molecule has 118 valence electrons. The highest BCUT2D eigenvalue weighted by Crippen LogP contribution is 2.19. The van der Waals surface area contributed by atoms with Gasteiger partial charge in [0.05, 0.1) is 6.10 Å². The number of hydrogen-bond donors (Lipinski definition) is 1. The van der Waals surface area contributed by atoms with Crippen LogP contribution in [0.4, 0.5) is 4.79 Å². The van der Waals surface area contributed by atoms with Crippen molar-refractivity contribution in [2.45, 2.75) is 32.9 Å². The summed E-state index contributed by atoms with van der Waals surface area (Å²) in [5, 5.41) is 7.19. The number of urea groups is 1. The van der Waals surface area contributed by atoms with Gasteiger partial charge in [-0.1, -0.05) is 13.8 Å². The van der Waals surface area contributed by atoms with E-state index in [0.29, 0.717) is 24.9 Å². The van der Waals surface area contributed by atoms with Gasteiger partial charge in [0.2, 0.25) is 0 Å². The molecule has 1 saturated heterocycles. The van der Waals surface area contributed by atoms with Crippen molar-refractivity contribution in [3.05, 3.63) is 18.5 Å². The first-order valence-corrected chi connectivity index (χ1v) is 7.63. The first-order chi connectivity index (χ1) is 10.1. The van der Waals surface area contributed by atoms with Crippen LogP contribution in [0.3, 0.4) is 0 Å². The first-order valence-electron chi connectivity index (χ1n) is 7.63. The van der Waals surface area contributed by atoms with Gasteiger partial charge in [0.25, 0.3) is 0 Å². The Balaban J connectivity index is 1.74. The molecule has 0 spiro atoms. The highest BCUT2D eigenvalue weighted by Gasteiger charge is 2.28. The third kappa shape index (κ3) is 4.46. The molecule has 1 aromatic heterocycles. The normalized spacial score (nSPS) is 23.9. The molecular formula is C15H26N4O2. The van der Waals surface area contributed by atoms with E-state index in [4.69, 9.17) is 4.74 Å². The molecule has 2 heterocycles. The van der Waals surface area contributed by atoms with E-state index in [2.05, 4.69) is 24.3 Å². The molecule has 0 bridgehead atoms. The molecule has 1 N–H and O–H groups in total. The third-order valence-electron chi connectivity index (χ3n) is 4.14. The van der Waals surface area contributed by atoms with Crippen molar-refractivity contribution in [3.63, 3.8) is 0 Å². The lowest BCUT2D eigenvalue weighted by molar-refractivity contribution is 0.00709.